The fourth-order valence-corrected chi connectivity index (χ4v) is 3.19. The number of nitriles is 1. The minimum atomic E-state index is -0.686. The number of phenolic OH excluding ortho intramolecular Hbond substituents is 2. The number of carbonyl (C=O) groups excluding carboxylic acids is 1. The molecule has 3 N–H and O–H groups in total. The number of amides is 1. The Morgan fingerprint density at radius 3 is 2.21 bits per heavy atom. The molecule has 3 aromatic rings. The molecule has 0 aromatic heterocycles. The number of halogens is 2. The predicted octanol–water partition coefficient (Wildman–Crippen LogP) is 5.31. The second kappa shape index (κ2) is 8.22. The summed E-state index contributed by atoms with van der Waals surface area (Å²) in [6.07, 6.45) is 0. The molecule has 1 unspecified atom stereocenters. The first kappa shape index (κ1) is 19.6. The van der Waals surface area contributed by atoms with Gasteiger partial charge in [0.15, 0.2) is 0 Å². The van der Waals surface area contributed by atoms with E-state index in [1.807, 2.05) is 0 Å². The topological polar surface area (TPSA) is 93.4 Å². The van der Waals surface area contributed by atoms with Crippen molar-refractivity contribution >= 4 is 34.8 Å². The van der Waals surface area contributed by atoms with Gasteiger partial charge in [0.25, 0.3) is 5.91 Å². The molecule has 28 heavy (non-hydrogen) atoms. The van der Waals surface area contributed by atoms with Gasteiger partial charge >= 0.3 is 0 Å². The molecule has 0 heterocycles. The quantitative estimate of drug-likeness (QED) is 0.540. The van der Waals surface area contributed by atoms with Crippen LogP contribution in [0.4, 0.5) is 5.69 Å². The molecular weight excluding hydrogens is 399 g/mol. The molecule has 1 atom stereocenters. The van der Waals surface area contributed by atoms with E-state index in [2.05, 4.69) is 11.4 Å². The second-order valence-corrected chi connectivity index (χ2v) is 6.82. The average molecular weight is 413 g/mol. The minimum Gasteiger partial charge on any atom is -0.507 e. The summed E-state index contributed by atoms with van der Waals surface area (Å²) in [7, 11) is 0. The first-order chi connectivity index (χ1) is 13.4. The second-order valence-electron chi connectivity index (χ2n) is 5.98. The number of nitrogens with one attached hydrogen (secondary N) is 1. The van der Waals surface area contributed by atoms with E-state index in [1.54, 1.807) is 36.4 Å². The van der Waals surface area contributed by atoms with Gasteiger partial charge < -0.3 is 15.5 Å². The Hall–Kier alpha value is -3.20. The maximum absolute atomic E-state index is 12.4. The lowest BCUT2D eigenvalue weighted by atomic mass is 9.92. The van der Waals surface area contributed by atoms with Gasteiger partial charge in [-0.25, -0.2) is 0 Å². The molecule has 0 saturated heterocycles. The van der Waals surface area contributed by atoms with Gasteiger partial charge in [0.1, 0.15) is 17.1 Å². The maximum atomic E-state index is 12.4. The summed E-state index contributed by atoms with van der Waals surface area (Å²) >= 11 is 12.2. The third kappa shape index (κ3) is 4.04. The summed E-state index contributed by atoms with van der Waals surface area (Å²) in [6.45, 7) is 0. The Labute approximate surface area is 171 Å². The van der Waals surface area contributed by atoms with Crippen molar-refractivity contribution in [2.45, 2.75) is 5.92 Å². The SMILES string of the molecule is N#CC(c1ccc(Cl)cc1)c1ccc(NC(=O)c2c(O)cccc2O)cc1Cl. The zero-order valence-electron chi connectivity index (χ0n) is 14.4. The Kier molecular flexibility index (Phi) is 5.74. The van der Waals surface area contributed by atoms with Crippen molar-refractivity contribution < 1.29 is 15.0 Å². The van der Waals surface area contributed by atoms with E-state index in [0.717, 1.165) is 5.56 Å². The summed E-state index contributed by atoms with van der Waals surface area (Å²) in [5.41, 5.74) is 1.44. The van der Waals surface area contributed by atoms with Crippen molar-refractivity contribution in [3.63, 3.8) is 0 Å². The number of anilines is 1. The molecule has 0 aliphatic heterocycles. The van der Waals surface area contributed by atoms with Crippen molar-refractivity contribution in [3.8, 4) is 17.6 Å². The smallest absolute Gasteiger partial charge is 0.263 e. The van der Waals surface area contributed by atoms with Gasteiger partial charge in [-0.15, -0.1) is 0 Å². The molecule has 0 fully saturated rings. The number of aromatic hydroxyl groups is 2. The number of benzene rings is 3. The minimum absolute atomic E-state index is 0.237. The number of hydrogen-bond acceptors (Lipinski definition) is 4. The predicted molar refractivity (Wildman–Crippen MR) is 108 cm³/mol. The average Bonchev–Trinajstić information content (AvgIpc) is 2.65. The van der Waals surface area contributed by atoms with Crippen molar-refractivity contribution in [2.24, 2.45) is 0 Å². The van der Waals surface area contributed by atoms with Crippen molar-refractivity contribution in [1.29, 1.82) is 5.26 Å². The lowest BCUT2D eigenvalue weighted by Gasteiger charge is -2.14. The largest absolute Gasteiger partial charge is 0.507 e. The molecule has 3 rings (SSSR count). The van der Waals surface area contributed by atoms with Crippen LogP contribution in [0.1, 0.15) is 27.4 Å². The van der Waals surface area contributed by atoms with Gasteiger partial charge in [-0.3, -0.25) is 4.79 Å². The number of hydrogen-bond donors (Lipinski definition) is 3. The van der Waals surface area contributed by atoms with E-state index in [0.29, 0.717) is 21.3 Å². The summed E-state index contributed by atoms with van der Waals surface area (Å²) in [6, 6.07) is 17.9. The highest BCUT2D eigenvalue weighted by atomic mass is 35.5. The standard InChI is InChI=1S/C21H14Cl2N2O3/c22-13-6-4-12(5-7-13)16(11-24)15-9-8-14(10-17(15)23)25-21(28)20-18(26)2-1-3-19(20)27/h1-10,16,26-27H,(H,25,28). The summed E-state index contributed by atoms with van der Waals surface area (Å²) < 4.78 is 0. The highest BCUT2D eigenvalue weighted by Gasteiger charge is 2.19. The van der Waals surface area contributed by atoms with Crippen molar-refractivity contribution in [2.75, 3.05) is 5.32 Å². The molecule has 1 amide bonds. The lowest BCUT2D eigenvalue weighted by molar-refractivity contribution is 0.102. The third-order valence-electron chi connectivity index (χ3n) is 4.15. The van der Waals surface area contributed by atoms with Gasteiger partial charge in [-0.05, 0) is 47.5 Å². The van der Waals surface area contributed by atoms with Gasteiger partial charge in [-0.2, -0.15) is 5.26 Å². The van der Waals surface area contributed by atoms with Gasteiger partial charge in [0.05, 0.1) is 12.0 Å². The van der Waals surface area contributed by atoms with Gasteiger partial charge in [0.2, 0.25) is 0 Å². The molecule has 0 aliphatic carbocycles. The number of phenols is 2. The van der Waals surface area contributed by atoms with Gasteiger partial charge in [-0.1, -0.05) is 47.5 Å². The summed E-state index contributed by atoms with van der Waals surface area (Å²) in [5, 5.41) is 32.6. The molecule has 3 aromatic carbocycles. The van der Waals surface area contributed by atoms with Crippen LogP contribution in [0.25, 0.3) is 0 Å². The van der Waals surface area contributed by atoms with Crippen LogP contribution >= 0.6 is 23.2 Å². The van der Waals surface area contributed by atoms with E-state index in [-0.39, 0.29) is 17.1 Å². The fraction of sp³-hybridized carbons (Fsp3) is 0.0476. The van der Waals surface area contributed by atoms with Crippen LogP contribution in [0.2, 0.25) is 10.0 Å². The zero-order valence-corrected chi connectivity index (χ0v) is 15.9. The molecular formula is C21H14Cl2N2O3. The Bertz CT molecular complexity index is 1060. The van der Waals surface area contributed by atoms with E-state index in [4.69, 9.17) is 23.2 Å². The first-order valence-electron chi connectivity index (χ1n) is 8.17. The number of carbonyl (C=O) groups is 1. The van der Waals surface area contributed by atoms with Crippen molar-refractivity contribution in [3.05, 3.63) is 87.4 Å². The normalized spacial score (nSPS) is 11.5. The molecule has 0 bridgehead atoms. The maximum Gasteiger partial charge on any atom is 0.263 e. The number of rotatable bonds is 4. The Morgan fingerprint density at radius 2 is 1.64 bits per heavy atom. The monoisotopic (exact) mass is 412 g/mol. The van der Waals surface area contributed by atoms with Crippen molar-refractivity contribution in [1.82, 2.24) is 0 Å². The number of nitrogens with zero attached hydrogens (tertiary/aromatic N) is 1. The molecule has 0 radical (unpaired) electrons. The summed E-state index contributed by atoms with van der Waals surface area (Å²) in [5.74, 6) is -1.97. The van der Waals surface area contributed by atoms with Gasteiger partial charge in [0, 0.05) is 15.7 Å². The molecule has 7 heteroatoms. The van der Waals surface area contributed by atoms with Crippen LogP contribution in [-0.4, -0.2) is 16.1 Å². The molecule has 0 aliphatic rings. The zero-order chi connectivity index (χ0) is 20.3. The van der Waals surface area contributed by atoms with Crippen LogP contribution in [0, 0.1) is 11.3 Å². The molecule has 140 valence electrons. The Morgan fingerprint density at radius 1 is 1.00 bits per heavy atom. The highest BCUT2D eigenvalue weighted by molar-refractivity contribution is 6.32. The van der Waals surface area contributed by atoms with E-state index >= 15 is 0 Å². The first-order valence-corrected chi connectivity index (χ1v) is 8.93. The lowest BCUT2D eigenvalue weighted by Crippen LogP contribution is -2.12. The van der Waals surface area contributed by atoms with E-state index in [9.17, 15) is 20.3 Å². The third-order valence-corrected chi connectivity index (χ3v) is 4.73. The molecule has 0 saturated carbocycles. The highest BCUT2D eigenvalue weighted by Crippen LogP contribution is 2.33. The van der Waals surface area contributed by atoms with Crippen LogP contribution in [0.3, 0.4) is 0 Å². The van der Waals surface area contributed by atoms with E-state index < -0.39 is 11.8 Å². The Balaban J connectivity index is 1.87. The molecule has 0 spiro atoms. The van der Waals surface area contributed by atoms with Crippen LogP contribution < -0.4 is 5.32 Å². The molecule has 5 nitrogen and oxygen atoms in total. The van der Waals surface area contributed by atoms with E-state index in [1.165, 1.54) is 24.3 Å². The summed E-state index contributed by atoms with van der Waals surface area (Å²) in [4.78, 5) is 12.4. The van der Waals surface area contributed by atoms with Crippen LogP contribution in [0.15, 0.2) is 60.7 Å². The fourth-order valence-electron chi connectivity index (χ4n) is 2.77. The van der Waals surface area contributed by atoms with Crippen LogP contribution in [-0.2, 0) is 0 Å². The van der Waals surface area contributed by atoms with Crippen LogP contribution in [0.5, 0.6) is 11.5 Å².